The van der Waals surface area contributed by atoms with Gasteiger partial charge in [-0.05, 0) is 75.4 Å². The first-order valence-corrected chi connectivity index (χ1v) is 11.3. The summed E-state index contributed by atoms with van der Waals surface area (Å²) in [7, 11) is 5.30. The number of ketones is 1. The lowest BCUT2D eigenvalue weighted by molar-refractivity contribution is -0.139. The smallest absolute Gasteiger partial charge is 0.295 e. The zero-order chi connectivity index (χ0) is 24.8. The molecule has 182 valence electrons. The Kier molecular flexibility index (Phi) is 8.17. The monoisotopic (exact) mass is 468 g/mol. The molecule has 1 fully saturated rings. The molecular weight excluding hydrogens is 436 g/mol. The highest BCUT2D eigenvalue weighted by atomic mass is 16.5. The number of ether oxygens (including phenoxy) is 2. The number of likely N-dealkylation sites (tertiary alicyclic amines) is 1. The number of phenolic OH excluding ortho intramolecular Hbond substituents is 1. The van der Waals surface area contributed by atoms with Crippen LogP contribution in [0.1, 0.15) is 36.9 Å². The van der Waals surface area contributed by atoms with E-state index in [1.165, 1.54) is 18.1 Å². The third-order valence-electron chi connectivity index (χ3n) is 5.66. The number of amides is 1. The number of benzene rings is 2. The van der Waals surface area contributed by atoms with Crippen molar-refractivity contribution in [1.82, 2.24) is 9.80 Å². The number of hydrogen-bond acceptors (Lipinski definition) is 7. The molecule has 1 unspecified atom stereocenters. The van der Waals surface area contributed by atoms with E-state index < -0.39 is 17.7 Å². The van der Waals surface area contributed by atoms with Gasteiger partial charge in [-0.2, -0.15) is 0 Å². The molecule has 0 saturated carbocycles. The van der Waals surface area contributed by atoms with Crippen molar-refractivity contribution in [2.24, 2.45) is 0 Å². The lowest BCUT2D eigenvalue weighted by Crippen LogP contribution is -2.32. The molecule has 8 nitrogen and oxygen atoms in total. The van der Waals surface area contributed by atoms with Gasteiger partial charge in [-0.3, -0.25) is 9.59 Å². The van der Waals surface area contributed by atoms with E-state index in [0.717, 1.165) is 13.0 Å². The lowest BCUT2D eigenvalue weighted by atomic mass is 9.95. The minimum atomic E-state index is -0.812. The fraction of sp³-hybridized carbons (Fsp3) is 0.385. The minimum Gasteiger partial charge on any atom is -0.507 e. The van der Waals surface area contributed by atoms with Crippen LogP contribution in [0, 0.1) is 0 Å². The number of carbonyl (C=O) groups excluding carboxylic acids is 2. The number of hydrogen-bond donors (Lipinski definition) is 2. The second kappa shape index (κ2) is 11.1. The SMILES string of the molecule is CCCOc1ccc(C(O)=C2C(=O)C(=O)N(CCCN(C)C)C2c2ccc(O)c(OC)c2)cc1. The van der Waals surface area contributed by atoms with Crippen LogP contribution in [-0.4, -0.2) is 72.6 Å². The molecule has 0 aromatic heterocycles. The maximum atomic E-state index is 13.1. The van der Waals surface area contributed by atoms with Gasteiger partial charge < -0.3 is 29.5 Å². The Balaban J connectivity index is 2.06. The molecule has 0 radical (unpaired) electrons. The van der Waals surface area contributed by atoms with Crippen LogP contribution in [0.4, 0.5) is 0 Å². The van der Waals surface area contributed by atoms with Crippen LogP contribution in [0.3, 0.4) is 0 Å². The maximum absolute atomic E-state index is 13.1. The van der Waals surface area contributed by atoms with Crippen LogP contribution >= 0.6 is 0 Å². The van der Waals surface area contributed by atoms with E-state index >= 15 is 0 Å². The van der Waals surface area contributed by atoms with Crippen molar-refractivity contribution in [2.75, 3.05) is 40.9 Å². The molecule has 1 saturated heterocycles. The van der Waals surface area contributed by atoms with Gasteiger partial charge in [-0.1, -0.05) is 13.0 Å². The second-order valence-electron chi connectivity index (χ2n) is 8.45. The van der Waals surface area contributed by atoms with Crippen LogP contribution < -0.4 is 9.47 Å². The summed E-state index contributed by atoms with van der Waals surface area (Å²) in [4.78, 5) is 29.6. The van der Waals surface area contributed by atoms with Gasteiger partial charge in [-0.25, -0.2) is 0 Å². The van der Waals surface area contributed by atoms with Crippen molar-refractivity contribution in [3.8, 4) is 17.2 Å². The lowest BCUT2D eigenvalue weighted by Gasteiger charge is -2.26. The number of aliphatic hydroxyl groups is 1. The summed E-state index contributed by atoms with van der Waals surface area (Å²) in [5.74, 6) is -0.854. The van der Waals surface area contributed by atoms with Gasteiger partial charge >= 0.3 is 0 Å². The molecule has 1 heterocycles. The molecule has 1 aliphatic heterocycles. The molecule has 2 N–H and O–H groups in total. The van der Waals surface area contributed by atoms with Crippen molar-refractivity contribution >= 4 is 17.4 Å². The number of aromatic hydroxyl groups is 1. The van der Waals surface area contributed by atoms with Crippen molar-refractivity contribution in [3.63, 3.8) is 0 Å². The normalized spacial score (nSPS) is 17.4. The average Bonchev–Trinajstić information content (AvgIpc) is 3.07. The predicted molar refractivity (Wildman–Crippen MR) is 129 cm³/mol. The van der Waals surface area contributed by atoms with Gasteiger partial charge in [0.2, 0.25) is 0 Å². The van der Waals surface area contributed by atoms with Crippen LogP contribution in [0.15, 0.2) is 48.0 Å². The van der Waals surface area contributed by atoms with Gasteiger partial charge in [0.05, 0.1) is 25.3 Å². The summed E-state index contributed by atoms with van der Waals surface area (Å²) >= 11 is 0. The highest BCUT2D eigenvalue weighted by Gasteiger charge is 2.46. The van der Waals surface area contributed by atoms with Crippen LogP contribution in [0.5, 0.6) is 17.2 Å². The number of aliphatic hydroxyl groups excluding tert-OH is 1. The predicted octanol–water partition coefficient (Wildman–Crippen LogP) is 3.56. The van der Waals surface area contributed by atoms with Crippen molar-refractivity contribution in [1.29, 1.82) is 0 Å². The van der Waals surface area contributed by atoms with E-state index in [1.807, 2.05) is 25.9 Å². The first kappa shape index (κ1) is 25.1. The summed E-state index contributed by atoms with van der Waals surface area (Å²) in [5.41, 5.74) is 0.971. The molecule has 1 aliphatic rings. The Morgan fingerprint density at radius 1 is 1.12 bits per heavy atom. The fourth-order valence-corrected chi connectivity index (χ4v) is 3.96. The quantitative estimate of drug-likeness (QED) is 0.312. The molecule has 2 aromatic carbocycles. The molecule has 0 bridgehead atoms. The van der Waals surface area contributed by atoms with Crippen molar-refractivity contribution in [2.45, 2.75) is 25.8 Å². The Morgan fingerprint density at radius 3 is 2.44 bits per heavy atom. The van der Waals surface area contributed by atoms with E-state index in [0.29, 0.717) is 36.4 Å². The van der Waals surface area contributed by atoms with Crippen LogP contribution in [0.2, 0.25) is 0 Å². The third-order valence-corrected chi connectivity index (χ3v) is 5.66. The number of nitrogens with zero attached hydrogens (tertiary/aromatic N) is 2. The zero-order valence-corrected chi connectivity index (χ0v) is 20.1. The van der Waals surface area contributed by atoms with Crippen molar-refractivity contribution in [3.05, 3.63) is 59.2 Å². The molecule has 8 heteroatoms. The standard InChI is InChI=1S/C26H32N2O6/c1-5-15-34-19-10-7-17(8-11-19)24(30)22-23(18-9-12-20(29)21(16-18)33-4)28(26(32)25(22)31)14-6-13-27(2)3/h7-12,16,23,29-30H,5-6,13-15H2,1-4H3. The molecule has 1 atom stereocenters. The zero-order valence-electron chi connectivity index (χ0n) is 20.1. The van der Waals surface area contributed by atoms with Gasteiger partial charge in [0.15, 0.2) is 11.5 Å². The molecular formula is C26H32N2O6. The molecule has 0 spiro atoms. The van der Waals surface area contributed by atoms with E-state index in [1.54, 1.807) is 36.4 Å². The summed E-state index contributed by atoms with van der Waals surface area (Å²) in [6, 6.07) is 10.6. The highest BCUT2D eigenvalue weighted by molar-refractivity contribution is 6.46. The van der Waals surface area contributed by atoms with Crippen molar-refractivity contribution < 1.29 is 29.3 Å². The van der Waals surface area contributed by atoms with Gasteiger partial charge in [-0.15, -0.1) is 0 Å². The van der Waals surface area contributed by atoms with Crippen LogP contribution in [0.25, 0.3) is 5.76 Å². The van der Waals surface area contributed by atoms with Gasteiger partial charge in [0.25, 0.3) is 11.7 Å². The van der Waals surface area contributed by atoms with E-state index in [2.05, 4.69) is 0 Å². The number of Topliss-reactive ketones (excluding diaryl/α,β-unsaturated/α-hetero) is 1. The van der Waals surface area contributed by atoms with E-state index in [-0.39, 0.29) is 22.8 Å². The van der Waals surface area contributed by atoms with E-state index in [9.17, 15) is 19.8 Å². The summed E-state index contributed by atoms with van der Waals surface area (Å²) in [6.07, 6.45) is 1.52. The Bertz CT molecular complexity index is 1060. The van der Waals surface area contributed by atoms with Gasteiger partial charge in [0.1, 0.15) is 11.5 Å². The summed E-state index contributed by atoms with van der Waals surface area (Å²) < 4.78 is 10.8. The third kappa shape index (κ3) is 5.34. The van der Waals surface area contributed by atoms with Crippen LogP contribution in [-0.2, 0) is 9.59 Å². The fourth-order valence-electron chi connectivity index (χ4n) is 3.96. The number of methoxy groups -OCH3 is 1. The topological polar surface area (TPSA) is 99.5 Å². The highest BCUT2D eigenvalue weighted by Crippen LogP contribution is 2.41. The Labute approximate surface area is 200 Å². The molecule has 3 rings (SSSR count). The summed E-state index contributed by atoms with van der Waals surface area (Å²) in [5, 5.41) is 21.2. The number of phenols is 1. The number of rotatable bonds is 10. The van der Waals surface area contributed by atoms with Gasteiger partial charge in [0, 0.05) is 12.1 Å². The first-order chi connectivity index (χ1) is 16.3. The first-order valence-electron chi connectivity index (χ1n) is 11.3. The minimum absolute atomic E-state index is 0.00447. The average molecular weight is 469 g/mol. The van der Waals surface area contributed by atoms with E-state index in [4.69, 9.17) is 9.47 Å². The second-order valence-corrected chi connectivity index (χ2v) is 8.45. The largest absolute Gasteiger partial charge is 0.507 e. The Morgan fingerprint density at radius 2 is 1.82 bits per heavy atom. The molecule has 2 aromatic rings. The molecule has 0 aliphatic carbocycles. The molecule has 1 amide bonds. The maximum Gasteiger partial charge on any atom is 0.295 e. The Hall–Kier alpha value is -3.52. The summed E-state index contributed by atoms with van der Waals surface area (Å²) in [6.45, 7) is 3.65. The molecule has 34 heavy (non-hydrogen) atoms. The number of carbonyl (C=O) groups is 2.